The molecule has 0 aliphatic heterocycles. The average Bonchev–Trinajstić information content (AvgIpc) is 1.65. The summed E-state index contributed by atoms with van der Waals surface area (Å²) in [5.74, 6) is 0. The van der Waals surface area contributed by atoms with Gasteiger partial charge in [0.1, 0.15) is 0 Å². The summed E-state index contributed by atoms with van der Waals surface area (Å²) in [6.07, 6.45) is 0.874. The van der Waals surface area contributed by atoms with Gasteiger partial charge in [-0.2, -0.15) is 0 Å². The molecule has 0 saturated heterocycles. The first kappa shape index (κ1) is 7.92. The van der Waals surface area contributed by atoms with E-state index in [0.29, 0.717) is 0 Å². The zero-order valence-corrected chi connectivity index (χ0v) is 7.20. The molecule has 0 bridgehead atoms. The van der Waals surface area contributed by atoms with Crippen LogP contribution < -0.4 is 0 Å². The van der Waals surface area contributed by atoms with Crippen LogP contribution in [-0.2, 0) is 5.11 Å². The highest BCUT2D eigenvalue weighted by Gasteiger charge is 2.09. The van der Waals surface area contributed by atoms with Gasteiger partial charge in [0.25, 0.3) is 0 Å². The van der Waals surface area contributed by atoms with Gasteiger partial charge >= 0.3 is 0 Å². The van der Waals surface area contributed by atoms with Gasteiger partial charge in [0.05, 0.1) is 4.83 Å². The van der Waals surface area contributed by atoms with Gasteiger partial charge in [-0.15, -0.1) is 0 Å². The first-order chi connectivity index (χ1) is 3.18. The third-order valence-corrected chi connectivity index (χ3v) is 3.15. The SMILES string of the molecule is CCC(Br)C([O])Br. The predicted molar refractivity (Wildman–Crippen MR) is 36.4 cm³/mol. The number of halogens is 2. The normalized spacial score (nSPS) is 18.9. The summed E-state index contributed by atoms with van der Waals surface area (Å²) in [4.78, 5) is 0.0764. The average molecular weight is 231 g/mol. The van der Waals surface area contributed by atoms with E-state index in [1.165, 1.54) is 0 Å². The zero-order valence-electron chi connectivity index (χ0n) is 4.03. The van der Waals surface area contributed by atoms with E-state index in [4.69, 9.17) is 0 Å². The fourth-order valence-corrected chi connectivity index (χ4v) is 0.559. The van der Waals surface area contributed by atoms with Crippen molar-refractivity contribution in [3.63, 3.8) is 0 Å². The molecule has 0 N–H and O–H groups in total. The molecule has 0 aromatic carbocycles. The third kappa shape index (κ3) is 3.50. The van der Waals surface area contributed by atoms with Crippen molar-refractivity contribution in [2.75, 3.05) is 0 Å². The number of rotatable bonds is 2. The summed E-state index contributed by atoms with van der Waals surface area (Å²) in [5.41, 5.74) is 0. The molecule has 7 heavy (non-hydrogen) atoms. The summed E-state index contributed by atoms with van der Waals surface area (Å²) in [6.45, 7) is 1.96. The van der Waals surface area contributed by atoms with Gasteiger partial charge in [0, 0.05) is 0 Å². The van der Waals surface area contributed by atoms with E-state index < -0.39 is 5.01 Å². The third-order valence-electron chi connectivity index (χ3n) is 0.674. The Bertz CT molecular complexity index is 47.0. The lowest BCUT2D eigenvalue weighted by Gasteiger charge is -2.03. The van der Waals surface area contributed by atoms with Gasteiger partial charge in [-0.25, -0.2) is 5.11 Å². The van der Waals surface area contributed by atoms with Crippen molar-refractivity contribution in [2.45, 2.75) is 23.2 Å². The summed E-state index contributed by atoms with van der Waals surface area (Å²) < 4.78 is 0. The topological polar surface area (TPSA) is 19.9 Å². The van der Waals surface area contributed by atoms with Crippen LogP contribution in [0.25, 0.3) is 0 Å². The molecule has 43 valence electrons. The van der Waals surface area contributed by atoms with Gasteiger partial charge in [0.15, 0.2) is 5.01 Å². The first-order valence-electron chi connectivity index (χ1n) is 2.12. The Morgan fingerprint density at radius 3 is 2.00 bits per heavy atom. The Morgan fingerprint density at radius 1 is 1.57 bits per heavy atom. The van der Waals surface area contributed by atoms with E-state index in [0.717, 1.165) is 6.42 Å². The van der Waals surface area contributed by atoms with E-state index in [1.807, 2.05) is 6.92 Å². The molecule has 0 amide bonds. The van der Waals surface area contributed by atoms with Crippen LogP contribution in [0.3, 0.4) is 0 Å². The van der Waals surface area contributed by atoms with Crippen LogP contribution in [0.4, 0.5) is 0 Å². The minimum atomic E-state index is -0.655. The lowest BCUT2D eigenvalue weighted by Crippen LogP contribution is -2.08. The van der Waals surface area contributed by atoms with E-state index in [-0.39, 0.29) is 4.83 Å². The molecule has 2 unspecified atom stereocenters. The first-order valence-corrected chi connectivity index (χ1v) is 3.95. The predicted octanol–water partition coefficient (Wildman–Crippen LogP) is 2.31. The largest absolute Gasteiger partial charge is 0.219 e. The van der Waals surface area contributed by atoms with Crippen LogP contribution in [0.2, 0.25) is 0 Å². The van der Waals surface area contributed by atoms with E-state index in [9.17, 15) is 5.11 Å². The monoisotopic (exact) mass is 229 g/mol. The molecule has 1 nitrogen and oxygen atoms in total. The quantitative estimate of drug-likeness (QED) is 0.649. The molecular formula is C4H7Br2O. The molecule has 3 heteroatoms. The van der Waals surface area contributed by atoms with Gasteiger partial charge in [-0.1, -0.05) is 38.8 Å². The lowest BCUT2D eigenvalue weighted by molar-refractivity contribution is 0.169. The zero-order chi connectivity index (χ0) is 5.86. The maximum Gasteiger partial charge on any atom is 0.160 e. The number of alkyl halides is 2. The fraction of sp³-hybridized carbons (Fsp3) is 1.00. The van der Waals surface area contributed by atoms with Crippen LogP contribution in [0.15, 0.2) is 0 Å². The standard InChI is InChI=1S/C4H7Br2O/c1-2-3(5)4(6)7/h3-4H,2H2,1H3. The van der Waals surface area contributed by atoms with Crippen LogP contribution >= 0.6 is 31.9 Å². The second-order valence-electron chi connectivity index (χ2n) is 1.28. The molecule has 0 saturated carbocycles. The van der Waals surface area contributed by atoms with Gasteiger partial charge in [-0.3, -0.25) is 0 Å². The van der Waals surface area contributed by atoms with Crippen molar-refractivity contribution in [3.8, 4) is 0 Å². The molecule has 2 atom stereocenters. The Hall–Kier alpha value is 0.920. The molecule has 0 heterocycles. The molecule has 0 aromatic heterocycles. The molecule has 0 rings (SSSR count). The van der Waals surface area contributed by atoms with Crippen molar-refractivity contribution in [3.05, 3.63) is 0 Å². The maximum absolute atomic E-state index is 10.3. The van der Waals surface area contributed by atoms with Gasteiger partial charge < -0.3 is 0 Å². The van der Waals surface area contributed by atoms with Crippen molar-refractivity contribution in [1.82, 2.24) is 0 Å². The fourth-order valence-electron chi connectivity index (χ4n) is 0.185. The van der Waals surface area contributed by atoms with E-state index >= 15 is 0 Å². The van der Waals surface area contributed by atoms with Crippen LogP contribution in [0.1, 0.15) is 13.3 Å². The highest BCUT2D eigenvalue weighted by Crippen LogP contribution is 2.14. The molecule has 0 aliphatic rings. The highest BCUT2D eigenvalue weighted by atomic mass is 79.9. The Balaban J connectivity index is 3.14. The highest BCUT2D eigenvalue weighted by molar-refractivity contribution is 9.12. The number of hydrogen-bond acceptors (Lipinski definition) is 0. The van der Waals surface area contributed by atoms with Crippen molar-refractivity contribution >= 4 is 31.9 Å². The minimum absolute atomic E-state index is 0.0764. The van der Waals surface area contributed by atoms with E-state index in [2.05, 4.69) is 31.9 Å². The maximum atomic E-state index is 10.3. The summed E-state index contributed by atoms with van der Waals surface area (Å²) in [7, 11) is 0. The molecule has 0 spiro atoms. The Kier molecular flexibility index (Phi) is 4.37. The second-order valence-corrected chi connectivity index (χ2v) is 3.35. The van der Waals surface area contributed by atoms with Crippen molar-refractivity contribution in [1.29, 1.82) is 0 Å². The summed E-state index contributed by atoms with van der Waals surface area (Å²) >= 11 is 6.08. The molecule has 1 radical (unpaired) electrons. The minimum Gasteiger partial charge on any atom is -0.219 e. The lowest BCUT2D eigenvalue weighted by atomic mass is 10.4. The van der Waals surface area contributed by atoms with E-state index in [1.54, 1.807) is 0 Å². The molecule has 0 fully saturated rings. The number of hydrogen-bond donors (Lipinski definition) is 0. The smallest absolute Gasteiger partial charge is 0.160 e. The van der Waals surface area contributed by atoms with Crippen LogP contribution in [0, 0.1) is 0 Å². The van der Waals surface area contributed by atoms with Crippen molar-refractivity contribution in [2.24, 2.45) is 0 Å². The van der Waals surface area contributed by atoms with Crippen LogP contribution in [0.5, 0.6) is 0 Å². The van der Waals surface area contributed by atoms with Gasteiger partial charge in [-0.05, 0) is 6.42 Å². The van der Waals surface area contributed by atoms with Crippen molar-refractivity contribution < 1.29 is 5.11 Å². The summed E-state index contributed by atoms with van der Waals surface area (Å²) in [6, 6.07) is 0. The Morgan fingerprint density at radius 2 is 2.00 bits per heavy atom. The Labute approximate surface area is 60.4 Å². The van der Waals surface area contributed by atoms with Gasteiger partial charge in [0.2, 0.25) is 0 Å². The molecular weight excluding hydrogens is 224 g/mol. The van der Waals surface area contributed by atoms with Crippen LogP contribution in [-0.4, -0.2) is 9.84 Å². The molecule has 0 aromatic rings. The summed E-state index contributed by atoms with van der Waals surface area (Å²) in [5, 5.41) is 9.67. The second kappa shape index (κ2) is 3.87. The molecule has 0 aliphatic carbocycles.